The van der Waals surface area contributed by atoms with Gasteiger partial charge >= 0.3 is 5.97 Å². The van der Waals surface area contributed by atoms with Crippen LogP contribution in [0.2, 0.25) is 0 Å². The maximum atomic E-state index is 10.6. The van der Waals surface area contributed by atoms with Crippen molar-refractivity contribution in [2.75, 3.05) is 14.1 Å². The SMILES string of the molecule is CN(C)C1CCCCC(CC(=O)O)C1. The number of aliphatic carboxylic acids is 1. The average Bonchev–Trinajstić information content (AvgIpc) is 2.28. The molecule has 0 heterocycles. The van der Waals surface area contributed by atoms with Gasteiger partial charge in [-0.25, -0.2) is 0 Å². The molecule has 0 amide bonds. The summed E-state index contributed by atoms with van der Waals surface area (Å²) in [6, 6.07) is 0.585. The summed E-state index contributed by atoms with van der Waals surface area (Å²) in [6.07, 6.45) is 6.17. The molecule has 1 rings (SSSR count). The molecule has 0 aliphatic heterocycles. The fourth-order valence-corrected chi connectivity index (χ4v) is 2.33. The van der Waals surface area contributed by atoms with E-state index in [0.717, 1.165) is 12.8 Å². The van der Waals surface area contributed by atoms with Gasteiger partial charge in [0.05, 0.1) is 0 Å². The summed E-state index contributed by atoms with van der Waals surface area (Å²) in [6.45, 7) is 0. The standard InChI is InChI=1S/C11H21NO2/c1-12(2)10-6-4-3-5-9(7-10)8-11(13)14/h9-10H,3-8H2,1-2H3,(H,13,14). The van der Waals surface area contributed by atoms with Crippen LogP contribution in [-0.2, 0) is 4.79 Å². The van der Waals surface area contributed by atoms with Gasteiger partial charge in [-0.1, -0.05) is 12.8 Å². The van der Waals surface area contributed by atoms with Gasteiger partial charge in [0.25, 0.3) is 0 Å². The summed E-state index contributed by atoms with van der Waals surface area (Å²) in [5, 5.41) is 8.77. The third-order valence-corrected chi connectivity index (χ3v) is 3.20. The van der Waals surface area contributed by atoms with E-state index < -0.39 is 5.97 Å². The molecule has 1 saturated carbocycles. The summed E-state index contributed by atoms with van der Waals surface area (Å²) in [4.78, 5) is 12.9. The highest BCUT2D eigenvalue weighted by Crippen LogP contribution is 2.27. The van der Waals surface area contributed by atoms with E-state index in [9.17, 15) is 4.79 Å². The molecule has 1 fully saturated rings. The maximum absolute atomic E-state index is 10.6. The van der Waals surface area contributed by atoms with Crippen LogP contribution in [-0.4, -0.2) is 36.1 Å². The molecule has 2 unspecified atom stereocenters. The highest BCUT2D eigenvalue weighted by Gasteiger charge is 2.23. The van der Waals surface area contributed by atoms with Crippen molar-refractivity contribution < 1.29 is 9.90 Å². The molecule has 0 aromatic carbocycles. The van der Waals surface area contributed by atoms with Crippen LogP contribution in [0.15, 0.2) is 0 Å². The average molecular weight is 199 g/mol. The number of carboxylic acids is 1. The van der Waals surface area contributed by atoms with Crippen molar-refractivity contribution in [3.8, 4) is 0 Å². The molecule has 0 aromatic rings. The van der Waals surface area contributed by atoms with Gasteiger partial charge in [0.1, 0.15) is 0 Å². The van der Waals surface area contributed by atoms with Gasteiger partial charge in [0, 0.05) is 12.5 Å². The van der Waals surface area contributed by atoms with Gasteiger partial charge in [-0.2, -0.15) is 0 Å². The van der Waals surface area contributed by atoms with Gasteiger partial charge in [-0.05, 0) is 39.3 Å². The van der Waals surface area contributed by atoms with Crippen molar-refractivity contribution in [1.29, 1.82) is 0 Å². The van der Waals surface area contributed by atoms with Crippen LogP contribution in [0.4, 0.5) is 0 Å². The van der Waals surface area contributed by atoms with Crippen LogP contribution in [0, 0.1) is 5.92 Å². The Hall–Kier alpha value is -0.570. The summed E-state index contributed by atoms with van der Waals surface area (Å²) < 4.78 is 0. The third-order valence-electron chi connectivity index (χ3n) is 3.20. The first-order chi connectivity index (χ1) is 6.59. The van der Waals surface area contributed by atoms with E-state index in [0.29, 0.717) is 18.4 Å². The van der Waals surface area contributed by atoms with Gasteiger partial charge in [-0.15, -0.1) is 0 Å². The zero-order chi connectivity index (χ0) is 10.6. The summed E-state index contributed by atoms with van der Waals surface area (Å²) in [5.41, 5.74) is 0. The molecule has 1 N–H and O–H groups in total. The van der Waals surface area contributed by atoms with Crippen molar-refractivity contribution in [2.24, 2.45) is 5.92 Å². The Morgan fingerprint density at radius 2 is 2.00 bits per heavy atom. The van der Waals surface area contributed by atoms with E-state index in [1.54, 1.807) is 0 Å². The third kappa shape index (κ3) is 3.66. The number of rotatable bonds is 3. The first-order valence-electron chi connectivity index (χ1n) is 5.48. The number of hydrogen-bond acceptors (Lipinski definition) is 2. The van der Waals surface area contributed by atoms with Crippen molar-refractivity contribution in [3.63, 3.8) is 0 Å². The quantitative estimate of drug-likeness (QED) is 0.706. The molecule has 14 heavy (non-hydrogen) atoms. The zero-order valence-electron chi connectivity index (χ0n) is 9.20. The second-order valence-electron chi connectivity index (χ2n) is 4.60. The molecule has 3 heteroatoms. The summed E-state index contributed by atoms with van der Waals surface area (Å²) >= 11 is 0. The van der Waals surface area contributed by atoms with E-state index in [-0.39, 0.29) is 0 Å². The highest BCUT2D eigenvalue weighted by molar-refractivity contribution is 5.67. The lowest BCUT2D eigenvalue weighted by atomic mass is 9.94. The van der Waals surface area contributed by atoms with Crippen LogP contribution >= 0.6 is 0 Å². The van der Waals surface area contributed by atoms with E-state index in [4.69, 9.17) is 5.11 Å². The first kappa shape index (κ1) is 11.5. The lowest BCUT2D eigenvalue weighted by Gasteiger charge is -2.25. The van der Waals surface area contributed by atoms with Gasteiger partial charge in [0.2, 0.25) is 0 Å². The van der Waals surface area contributed by atoms with Gasteiger partial charge in [-0.3, -0.25) is 4.79 Å². The fourth-order valence-electron chi connectivity index (χ4n) is 2.33. The van der Waals surface area contributed by atoms with Crippen LogP contribution in [0.5, 0.6) is 0 Å². The fraction of sp³-hybridized carbons (Fsp3) is 0.909. The van der Waals surface area contributed by atoms with Crippen LogP contribution in [0.3, 0.4) is 0 Å². The molecule has 1 aliphatic rings. The molecule has 82 valence electrons. The Kier molecular flexibility index (Phi) is 4.39. The zero-order valence-corrected chi connectivity index (χ0v) is 9.20. The second-order valence-corrected chi connectivity index (χ2v) is 4.60. The van der Waals surface area contributed by atoms with Crippen LogP contribution < -0.4 is 0 Å². The molecular formula is C11H21NO2. The monoisotopic (exact) mass is 199 g/mol. The van der Waals surface area contributed by atoms with Crippen LogP contribution in [0.1, 0.15) is 38.5 Å². The van der Waals surface area contributed by atoms with Crippen molar-refractivity contribution in [2.45, 2.75) is 44.6 Å². The Bertz CT molecular complexity index is 192. The minimum absolute atomic E-state index is 0.352. The summed E-state index contributed by atoms with van der Waals surface area (Å²) in [5.74, 6) is -0.253. The maximum Gasteiger partial charge on any atom is 0.303 e. The molecule has 0 bridgehead atoms. The molecule has 1 aliphatic carbocycles. The number of nitrogens with zero attached hydrogens (tertiary/aromatic N) is 1. The van der Waals surface area contributed by atoms with Gasteiger partial charge in [0.15, 0.2) is 0 Å². The molecule has 0 spiro atoms. The van der Waals surface area contributed by atoms with Crippen molar-refractivity contribution in [1.82, 2.24) is 4.90 Å². The first-order valence-corrected chi connectivity index (χ1v) is 5.48. The molecule has 2 atom stereocenters. The Morgan fingerprint density at radius 3 is 2.57 bits per heavy atom. The number of carboxylic acid groups (broad SMARTS) is 1. The largest absolute Gasteiger partial charge is 0.481 e. The number of hydrogen-bond donors (Lipinski definition) is 1. The Morgan fingerprint density at radius 1 is 1.36 bits per heavy atom. The van der Waals surface area contributed by atoms with Crippen LogP contribution in [0.25, 0.3) is 0 Å². The lowest BCUT2D eigenvalue weighted by molar-refractivity contribution is -0.138. The Balaban J connectivity index is 2.46. The predicted octanol–water partition coefficient (Wildman–Crippen LogP) is 1.97. The van der Waals surface area contributed by atoms with E-state index >= 15 is 0 Å². The topological polar surface area (TPSA) is 40.5 Å². The van der Waals surface area contributed by atoms with Crippen molar-refractivity contribution in [3.05, 3.63) is 0 Å². The molecular weight excluding hydrogens is 178 g/mol. The minimum Gasteiger partial charge on any atom is -0.481 e. The molecule has 0 aromatic heterocycles. The number of carbonyl (C=O) groups is 1. The normalized spacial score (nSPS) is 28.8. The van der Waals surface area contributed by atoms with E-state index in [1.807, 2.05) is 0 Å². The Labute approximate surface area is 86.1 Å². The molecule has 0 saturated heterocycles. The minimum atomic E-state index is -0.644. The summed E-state index contributed by atoms with van der Waals surface area (Å²) in [7, 11) is 4.18. The highest BCUT2D eigenvalue weighted by atomic mass is 16.4. The second kappa shape index (κ2) is 5.35. The van der Waals surface area contributed by atoms with E-state index in [1.165, 1.54) is 19.3 Å². The van der Waals surface area contributed by atoms with E-state index in [2.05, 4.69) is 19.0 Å². The van der Waals surface area contributed by atoms with Crippen molar-refractivity contribution >= 4 is 5.97 Å². The predicted molar refractivity (Wildman–Crippen MR) is 56.3 cm³/mol. The molecule has 0 radical (unpaired) electrons. The van der Waals surface area contributed by atoms with Gasteiger partial charge < -0.3 is 10.0 Å². The smallest absolute Gasteiger partial charge is 0.303 e. The molecule has 3 nitrogen and oxygen atoms in total. The lowest BCUT2D eigenvalue weighted by Crippen LogP contribution is -2.29.